The Morgan fingerprint density at radius 2 is 1.69 bits per heavy atom. The number of rotatable bonds is 9. The first-order valence-electron chi connectivity index (χ1n) is 7.16. The van der Waals surface area contributed by atoms with Crippen LogP contribution in [-0.2, 0) is 0 Å². The maximum atomic E-state index is 3.52. The van der Waals surface area contributed by atoms with Crippen LogP contribution in [0.15, 0.2) is 0 Å². The van der Waals surface area contributed by atoms with Crippen LogP contribution in [0.5, 0.6) is 0 Å². The Kier molecular flexibility index (Phi) is 9.02. The Hall–Kier alpha value is -0.0400. The minimum absolute atomic E-state index is 0.513. The van der Waals surface area contributed by atoms with Crippen molar-refractivity contribution >= 4 is 0 Å². The Balaban J connectivity index is 3.28. The third-order valence-corrected chi connectivity index (χ3v) is 3.14. The van der Waals surface area contributed by atoms with Crippen LogP contribution in [0.25, 0.3) is 0 Å². The lowest BCUT2D eigenvalue weighted by Gasteiger charge is -2.19. The van der Waals surface area contributed by atoms with Gasteiger partial charge in [-0.2, -0.15) is 0 Å². The van der Waals surface area contributed by atoms with Gasteiger partial charge < -0.3 is 5.32 Å². The van der Waals surface area contributed by atoms with Crippen LogP contribution in [-0.4, -0.2) is 13.1 Å². The first-order valence-corrected chi connectivity index (χ1v) is 7.16. The smallest absolute Gasteiger partial charge is 0.00464 e. The molecule has 0 aromatic heterocycles. The van der Waals surface area contributed by atoms with Gasteiger partial charge in [0.2, 0.25) is 0 Å². The number of hydrogen-bond acceptors (Lipinski definition) is 1. The van der Waals surface area contributed by atoms with Crippen LogP contribution < -0.4 is 5.32 Å². The van der Waals surface area contributed by atoms with Crippen molar-refractivity contribution in [1.82, 2.24) is 5.32 Å². The van der Waals surface area contributed by atoms with E-state index in [9.17, 15) is 0 Å². The highest BCUT2D eigenvalue weighted by atomic mass is 14.8. The molecule has 0 saturated heterocycles. The topological polar surface area (TPSA) is 12.0 Å². The highest BCUT2D eigenvalue weighted by Gasteiger charge is 2.10. The molecule has 0 spiro atoms. The molecule has 0 bridgehead atoms. The molecule has 0 heterocycles. The summed E-state index contributed by atoms with van der Waals surface area (Å²) in [5.41, 5.74) is 0.513. The summed E-state index contributed by atoms with van der Waals surface area (Å²) in [5, 5.41) is 3.52. The standard InChI is InChI=1S/C15H33N/c1-6-7-12-16-13-10-14(2)9-8-11-15(3,4)5/h14,16H,6-13H2,1-5H3. The second-order valence-electron chi connectivity index (χ2n) is 6.45. The maximum Gasteiger partial charge on any atom is -0.00464 e. The van der Waals surface area contributed by atoms with Gasteiger partial charge in [-0.1, -0.05) is 53.9 Å². The molecule has 16 heavy (non-hydrogen) atoms. The van der Waals surface area contributed by atoms with E-state index in [0.29, 0.717) is 5.41 Å². The van der Waals surface area contributed by atoms with Crippen LogP contribution in [0, 0.1) is 11.3 Å². The molecule has 0 rings (SSSR count). The Labute approximate surface area is 103 Å². The van der Waals surface area contributed by atoms with Crippen molar-refractivity contribution in [2.75, 3.05) is 13.1 Å². The van der Waals surface area contributed by atoms with Gasteiger partial charge in [-0.15, -0.1) is 0 Å². The fourth-order valence-electron chi connectivity index (χ4n) is 1.90. The van der Waals surface area contributed by atoms with E-state index in [0.717, 1.165) is 5.92 Å². The second kappa shape index (κ2) is 9.04. The quantitative estimate of drug-likeness (QED) is 0.567. The van der Waals surface area contributed by atoms with E-state index in [4.69, 9.17) is 0 Å². The second-order valence-corrected chi connectivity index (χ2v) is 6.45. The predicted molar refractivity (Wildman–Crippen MR) is 74.9 cm³/mol. The molecule has 98 valence electrons. The minimum atomic E-state index is 0.513. The van der Waals surface area contributed by atoms with Crippen molar-refractivity contribution in [1.29, 1.82) is 0 Å². The maximum absolute atomic E-state index is 3.52. The average molecular weight is 227 g/mol. The van der Waals surface area contributed by atoms with Crippen LogP contribution in [0.3, 0.4) is 0 Å². The van der Waals surface area contributed by atoms with Gasteiger partial charge >= 0.3 is 0 Å². The summed E-state index contributed by atoms with van der Waals surface area (Å²) in [7, 11) is 0. The molecule has 0 aliphatic heterocycles. The Morgan fingerprint density at radius 3 is 2.25 bits per heavy atom. The largest absolute Gasteiger partial charge is 0.317 e. The lowest BCUT2D eigenvalue weighted by atomic mass is 9.87. The molecule has 1 nitrogen and oxygen atoms in total. The summed E-state index contributed by atoms with van der Waals surface area (Å²) < 4.78 is 0. The molecule has 0 amide bonds. The summed E-state index contributed by atoms with van der Waals surface area (Å²) in [6.45, 7) is 14.1. The fourth-order valence-corrected chi connectivity index (χ4v) is 1.90. The first-order chi connectivity index (χ1) is 7.45. The Morgan fingerprint density at radius 1 is 1.00 bits per heavy atom. The van der Waals surface area contributed by atoms with Gasteiger partial charge in [0, 0.05) is 0 Å². The fraction of sp³-hybridized carbons (Fsp3) is 1.00. The van der Waals surface area contributed by atoms with Crippen LogP contribution in [0.2, 0.25) is 0 Å². The van der Waals surface area contributed by atoms with Crippen molar-refractivity contribution in [3.8, 4) is 0 Å². The van der Waals surface area contributed by atoms with Crippen molar-refractivity contribution in [3.63, 3.8) is 0 Å². The average Bonchev–Trinajstić information content (AvgIpc) is 2.15. The summed E-state index contributed by atoms with van der Waals surface area (Å²) in [4.78, 5) is 0. The third kappa shape index (κ3) is 12.0. The molecule has 0 aliphatic rings. The zero-order valence-electron chi connectivity index (χ0n) is 12.2. The normalized spacial score (nSPS) is 14.1. The molecule has 0 saturated carbocycles. The molecule has 1 unspecified atom stereocenters. The monoisotopic (exact) mass is 227 g/mol. The van der Waals surface area contributed by atoms with Gasteiger partial charge in [0.05, 0.1) is 0 Å². The summed E-state index contributed by atoms with van der Waals surface area (Å²) in [5.74, 6) is 0.886. The number of hydrogen-bond donors (Lipinski definition) is 1. The van der Waals surface area contributed by atoms with Gasteiger partial charge in [0.15, 0.2) is 0 Å². The van der Waals surface area contributed by atoms with Gasteiger partial charge in [0.1, 0.15) is 0 Å². The van der Waals surface area contributed by atoms with E-state index in [2.05, 4.69) is 39.9 Å². The summed E-state index contributed by atoms with van der Waals surface area (Å²) in [6.07, 6.45) is 8.10. The van der Waals surface area contributed by atoms with E-state index in [1.165, 1.54) is 51.6 Å². The lowest BCUT2D eigenvalue weighted by molar-refractivity contribution is 0.337. The molecular weight excluding hydrogens is 194 g/mol. The van der Waals surface area contributed by atoms with Gasteiger partial charge in [-0.3, -0.25) is 0 Å². The van der Waals surface area contributed by atoms with E-state index < -0.39 is 0 Å². The first kappa shape index (κ1) is 16.0. The van der Waals surface area contributed by atoms with E-state index >= 15 is 0 Å². The summed E-state index contributed by atoms with van der Waals surface area (Å²) in [6, 6.07) is 0. The minimum Gasteiger partial charge on any atom is -0.317 e. The zero-order chi connectivity index (χ0) is 12.4. The predicted octanol–water partition coefficient (Wildman–Crippen LogP) is 4.62. The highest BCUT2D eigenvalue weighted by molar-refractivity contribution is 4.63. The van der Waals surface area contributed by atoms with E-state index in [1.807, 2.05) is 0 Å². The molecule has 1 atom stereocenters. The molecule has 0 aromatic rings. The SMILES string of the molecule is CCCCNCCC(C)CCCC(C)(C)C. The van der Waals surface area contributed by atoms with Crippen molar-refractivity contribution < 1.29 is 0 Å². The number of nitrogens with one attached hydrogen (secondary N) is 1. The molecule has 0 aliphatic carbocycles. The molecule has 1 heteroatoms. The van der Waals surface area contributed by atoms with E-state index in [-0.39, 0.29) is 0 Å². The van der Waals surface area contributed by atoms with Crippen LogP contribution >= 0.6 is 0 Å². The molecular formula is C15H33N. The summed E-state index contributed by atoms with van der Waals surface area (Å²) >= 11 is 0. The van der Waals surface area contributed by atoms with E-state index in [1.54, 1.807) is 0 Å². The Bertz CT molecular complexity index is 146. The van der Waals surface area contributed by atoms with Crippen molar-refractivity contribution in [2.45, 2.75) is 73.1 Å². The lowest BCUT2D eigenvalue weighted by Crippen LogP contribution is -2.18. The van der Waals surface area contributed by atoms with Gasteiger partial charge in [0.25, 0.3) is 0 Å². The molecule has 0 fully saturated rings. The third-order valence-electron chi connectivity index (χ3n) is 3.14. The molecule has 0 aromatic carbocycles. The van der Waals surface area contributed by atoms with Gasteiger partial charge in [-0.05, 0) is 43.7 Å². The van der Waals surface area contributed by atoms with Gasteiger partial charge in [-0.25, -0.2) is 0 Å². The molecule has 1 N–H and O–H groups in total. The van der Waals surface area contributed by atoms with Crippen LogP contribution in [0.4, 0.5) is 0 Å². The van der Waals surface area contributed by atoms with Crippen molar-refractivity contribution in [3.05, 3.63) is 0 Å². The molecule has 0 radical (unpaired) electrons. The van der Waals surface area contributed by atoms with Crippen molar-refractivity contribution in [2.24, 2.45) is 11.3 Å². The van der Waals surface area contributed by atoms with Crippen LogP contribution in [0.1, 0.15) is 73.1 Å². The highest BCUT2D eigenvalue weighted by Crippen LogP contribution is 2.23. The zero-order valence-corrected chi connectivity index (χ0v) is 12.2. The number of unbranched alkanes of at least 4 members (excludes halogenated alkanes) is 1.